The van der Waals surface area contributed by atoms with Crippen molar-refractivity contribution in [3.63, 3.8) is 0 Å². The van der Waals surface area contributed by atoms with Gasteiger partial charge < -0.3 is 0 Å². The molecule has 5 rings (SSSR count). The van der Waals surface area contributed by atoms with Crippen LogP contribution < -0.4 is 20.7 Å². The van der Waals surface area contributed by atoms with Crippen LogP contribution >= 0.6 is 0 Å². The van der Waals surface area contributed by atoms with Crippen molar-refractivity contribution in [1.29, 1.82) is 0 Å². The lowest BCUT2D eigenvalue weighted by molar-refractivity contribution is 0.489. The van der Waals surface area contributed by atoms with Crippen LogP contribution in [0.3, 0.4) is 0 Å². The minimum Gasteiger partial charge on any atom is -0.106 e. The number of hydrogen-bond donors (Lipinski definition) is 0. The van der Waals surface area contributed by atoms with Gasteiger partial charge in [-0.2, -0.15) is 0 Å². The second-order valence-corrected chi connectivity index (χ2v) is 18.4. The third-order valence-electron chi connectivity index (χ3n) is 8.66. The zero-order chi connectivity index (χ0) is 24.8. The highest BCUT2D eigenvalue weighted by molar-refractivity contribution is 7.07. The molecule has 0 atom stereocenters. The standard InChI is InChI=1S/C34H36Si2/c1-3-35(29-17-9-5-10-18-29,30-19-11-6-12-20-30)33-25-27-34(28-26-33)36(4-2,31-21-13-7-14-22-31)32-23-15-8-16-24-32/h3-24,33-34H,1-2,25-28H2. The molecule has 2 heteroatoms. The molecule has 0 spiro atoms. The van der Waals surface area contributed by atoms with E-state index in [1.165, 1.54) is 46.4 Å². The summed E-state index contributed by atoms with van der Waals surface area (Å²) in [6.45, 7) is 8.99. The Morgan fingerprint density at radius 1 is 0.417 bits per heavy atom. The molecule has 0 aliphatic heterocycles. The van der Waals surface area contributed by atoms with E-state index in [1.54, 1.807) is 0 Å². The maximum Gasteiger partial charge on any atom is 0.143 e. The van der Waals surface area contributed by atoms with E-state index in [-0.39, 0.29) is 0 Å². The fourth-order valence-electron chi connectivity index (χ4n) is 6.94. The average molecular weight is 501 g/mol. The largest absolute Gasteiger partial charge is 0.143 e. The molecule has 1 aliphatic carbocycles. The van der Waals surface area contributed by atoms with Crippen molar-refractivity contribution in [3.05, 3.63) is 146 Å². The summed E-state index contributed by atoms with van der Waals surface area (Å²) in [6, 6.07) is 45.0. The maximum atomic E-state index is 4.49. The highest BCUT2D eigenvalue weighted by Gasteiger charge is 2.48. The molecule has 0 bridgehead atoms. The van der Waals surface area contributed by atoms with Gasteiger partial charge in [0.15, 0.2) is 0 Å². The molecule has 0 unspecified atom stereocenters. The first-order valence-electron chi connectivity index (χ1n) is 13.2. The highest BCUT2D eigenvalue weighted by Crippen LogP contribution is 2.46. The zero-order valence-corrected chi connectivity index (χ0v) is 23.1. The molecule has 0 N–H and O–H groups in total. The SMILES string of the molecule is C=C[Si](c1ccccc1)(c1ccccc1)C1CCC([Si](C=C)(c2ccccc2)c2ccccc2)CC1. The van der Waals surface area contributed by atoms with Crippen molar-refractivity contribution in [2.75, 3.05) is 0 Å². The summed E-state index contributed by atoms with van der Waals surface area (Å²) in [6.07, 6.45) is 4.98. The predicted octanol–water partition coefficient (Wildman–Crippen LogP) is 6.28. The second-order valence-electron chi connectivity index (χ2n) is 10.2. The van der Waals surface area contributed by atoms with E-state index >= 15 is 0 Å². The predicted molar refractivity (Wildman–Crippen MR) is 162 cm³/mol. The van der Waals surface area contributed by atoms with Gasteiger partial charge in [-0.3, -0.25) is 0 Å². The molecule has 1 aliphatic rings. The first-order valence-corrected chi connectivity index (χ1v) is 17.6. The van der Waals surface area contributed by atoms with Crippen LogP contribution in [0.5, 0.6) is 0 Å². The Morgan fingerprint density at radius 2 is 0.639 bits per heavy atom. The number of hydrogen-bond acceptors (Lipinski definition) is 0. The Hall–Kier alpha value is -3.21. The van der Waals surface area contributed by atoms with Crippen LogP contribution in [0.15, 0.2) is 146 Å². The van der Waals surface area contributed by atoms with E-state index in [4.69, 9.17) is 0 Å². The molecular formula is C34H36Si2. The normalized spacial score (nSPS) is 18.3. The monoisotopic (exact) mass is 500 g/mol. The van der Waals surface area contributed by atoms with E-state index in [9.17, 15) is 0 Å². The quantitative estimate of drug-likeness (QED) is 0.250. The summed E-state index contributed by atoms with van der Waals surface area (Å²) >= 11 is 0. The molecule has 4 aromatic rings. The van der Waals surface area contributed by atoms with Crippen LogP contribution in [-0.4, -0.2) is 16.1 Å². The Labute approximate surface area is 219 Å². The summed E-state index contributed by atoms with van der Waals surface area (Å²) in [7, 11) is -4.25. The molecule has 0 nitrogen and oxygen atoms in total. The molecule has 36 heavy (non-hydrogen) atoms. The van der Waals surface area contributed by atoms with E-state index in [0.29, 0.717) is 11.1 Å². The van der Waals surface area contributed by atoms with Crippen LogP contribution in [0.25, 0.3) is 0 Å². The van der Waals surface area contributed by atoms with E-state index < -0.39 is 16.1 Å². The summed E-state index contributed by atoms with van der Waals surface area (Å²) in [4.78, 5) is 0. The Balaban J connectivity index is 1.54. The summed E-state index contributed by atoms with van der Waals surface area (Å²) < 4.78 is 0. The summed E-state index contributed by atoms with van der Waals surface area (Å²) in [5.74, 6) is 0. The third kappa shape index (κ3) is 4.19. The lowest BCUT2D eigenvalue weighted by Gasteiger charge is -2.46. The lowest BCUT2D eigenvalue weighted by Crippen LogP contribution is -2.63. The van der Waals surface area contributed by atoms with Crippen LogP contribution in [0.1, 0.15) is 25.7 Å². The van der Waals surface area contributed by atoms with Crippen molar-refractivity contribution >= 4 is 36.9 Å². The Kier molecular flexibility index (Phi) is 7.36. The van der Waals surface area contributed by atoms with Crippen LogP contribution in [0.4, 0.5) is 0 Å². The van der Waals surface area contributed by atoms with Crippen molar-refractivity contribution < 1.29 is 0 Å². The molecule has 0 radical (unpaired) electrons. The minimum absolute atomic E-state index is 0.652. The maximum absolute atomic E-state index is 4.49. The summed E-state index contributed by atoms with van der Waals surface area (Å²) in [5, 5.41) is 5.97. The average Bonchev–Trinajstić information content (AvgIpc) is 2.97. The van der Waals surface area contributed by atoms with Crippen LogP contribution in [-0.2, 0) is 0 Å². The van der Waals surface area contributed by atoms with Crippen LogP contribution in [0, 0.1) is 0 Å². The molecule has 4 aromatic carbocycles. The second kappa shape index (κ2) is 10.8. The van der Waals surface area contributed by atoms with E-state index in [0.717, 1.165) is 0 Å². The molecule has 1 saturated carbocycles. The molecule has 1 fully saturated rings. The zero-order valence-electron chi connectivity index (χ0n) is 21.1. The Bertz CT molecular complexity index is 1080. The van der Waals surface area contributed by atoms with Crippen molar-refractivity contribution in [3.8, 4) is 0 Å². The number of rotatable bonds is 8. The first kappa shape index (κ1) is 24.5. The van der Waals surface area contributed by atoms with Gasteiger partial charge in [-0.15, -0.1) is 13.2 Å². The highest BCUT2D eigenvalue weighted by atomic mass is 28.3. The lowest BCUT2D eigenvalue weighted by atomic mass is 9.99. The van der Waals surface area contributed by atoms with Gasteiger partial charge in [-0.25, -0.2) is 0 Å². The smallest absolute Gasteiger partial charge is 0.106 e. The van der Waals surface area contributed by atoms with Crippen molar-refractivity contribution in [2.24, 2.45) is 0 Å². The molecule has 0 heterocycles. The van der Waals surface area contributed by atoms with Crippen molar-refractivity contribution in [1.82, 2.24) is 0 Å². The molecular weight excluding hydrogens is 465 g/mol. The van der Waals surface area contributed by atoms with Crippen molar-refractivity contribution in [2.45, 2.75) is 36.8 Å². The molecule has 0 aromatic heterocycles. The summed E-state index contributed by atoms with van der Waals surface area (Å²) in [5.41, 5.74) is 6.04. The molecule has 180 valence electrons. The van der Waals surface area contributed by atoms with Gasteiger partial charge in [-0.1, -0.05) is 158 Å². The van der Waals surface area contributed by atoms with Crippen LogP contribution in [0.2, 0.25) is 11.1 Å². The first-order chi connectivity index (χ1) is 17.8. The third-order valence-corrected chi connectivity index (χ3v) is 18.8. The number of benzene rings is 4. The minimum atomic E-state index is -2.12. The Morgan fingerprint density at radius 3 is 0.833 bits per heavy atom. The van der Waals surface area contributed by atoms with E-state index in [2.05, 4.69) is 146 Å². The van der Waals surface area contributed by atoms with Gasteiger partial charge in [0.25, 0.3) is 0 Å². The van der Waals surface area contributed by atoms with Gasteiger partial charge >= 0.3 is 0 Å². The van der Waals surface area contributed by atoms with Gasteiger partial charge in [-0.05, 0) is 31.8 Å². The fourth-order valence-corrected chi connectivity index (χ4v) is 16.6. The van der Waals surface area contributed by atoms with Gasteiger partial charge in [0, 0.05) is 0 Å². The topological polar surface area (TPSA) is 0 Å². The van der Waals surface area contributed by atoms with Gasteiger partial charge in [0.2, 0.25) is 0 Å². The molecule has 0 amide bonds. The van der Waals surface area contributed by atoms with Gasteiger partial charge in [0.1, 0.15) is 16.1 Å². The van der Waals surface area contributed by atoms with Gasteiger partial charge in [0.05, 0.1) is 0 Å². The molecule has 0 saturated heterocycles. The van der Waals surface area contributed by atoms with E-state index in [1.807, 2.05) is 0 Å². The fraction of sp³-hybridized carbons (Fsp3) is 0.176.